The number of aromatic nitrogens is 3. The molecule has 1 aromatic heterocycles. The summed E-state index contributed by atoms with van der Waals surface area (Å²) in [4.78, 5) is 24.4. The number of hydrogen-bond acceptors (Lipinski definition) is 5. The van der Waals surface area contributed by atoms with E-state index >= 15 is 0 Å². The Morgan fingerprint density at radius 3 is 2.48 bits per heavy atom. The first-order valence-electron chi connectivity index (χ1n) is 8.26. The summed E-state index contributed by atoms with van der Waals surface area (Å²) in [6.07, 6.45) is 1.58. The SMILES string of the molecule is Cc1ccccc1NC(=O)c1ccc(NC(=O)CSc2nncn2C)cc1. The summed E-state index contributed by atoms with van der Waals surface area (Å²) in [7, 11) is 1.82. The van der Waals surface area contributed by atoms with Gasteiger partial charge in [0.25, 0.3) is 5.91 Å². The van der Waals surface area contributed by atoms with E-state index < -0.39 is 0 Å². The Bertz CT molecular complexity index is 953. The molecule has 0 atom stereocenters. The van der Waals surface area contributed by atoms with Crippen molar-refractivity contribution in [2.75, 3.05) is 16.4 Å². The molecule has 3 aromatic rings. The number of nitrogens with zero attached hydrogens (tertiary/aromatic N) is 3. The molecule has 3 rings (SSSR count). The van der Waals surface area contributed by atoms with Gasteiger partial charge >= 0.3 is 0 Å². The molecule has 2 amide bonds. The van der Waals surface area contributed by atoms with E-state index in [2.05, 4.69) is 20.8 Å². The maximum atomic E-state index is 12.3. The zero-order valence-electron chi connectivity index (χ0n) is 15.0. The summed E-state index contributed by atoms with van der Waals surface area (Å²) in [6.45, 7) is 1.94. The standard InChI is InChI=1S/C19H19N5O2S/c1-13-5-3-4-6-16(13)22-18(26)14-7-9-15(10-8-14)21-17(25)11-27-19-23-20-12-24(19)2/h3-10,12H,11H2,1-2H3,(H,21,25)(H,22,26). The molecule has 7 nitrogen and oxygen atoms in total. The second kappa shape index (κ2) is 8.50. The van der Waals surface area contributed by atoms with Gasteiger partial charge in [-0.15, -0.1) is 10.2 Å². The van der Waals surface area contributed by atoms with Crippen LogP contribution in [0.3, 0.4) is 0 Å². The fraction of sp³-hybridized carbons (Fsp3) is 0.158. The highest BCUT2D eigenvalue weighted by Gasteiger charge is 2.10. The Kier molecular flexibility index (Phi) is 5.87. The molecule has 8 heteroatoms. The minimum absolute atomic E-state index is 0.153. The fourth-order valence-electron chi connectivity index (χ4n) is 2.34. The maximum Gasteiger partial charge on any atom is 0.255 e. The van der Waals surface area contributed by atoms with Crippen molar-refractivity contribution in [3.05, 3.63) is 66.0 Å². The van der Waals surface area contributed by atoms with E-state index in [1.54, 1.807) is 35.2 Å². The number of carbonyl (C=O) groups is 2. The van der Waals surface area contributed by atoms with Crippen LogP contribution >= 0.6 is 11.8 Å². The van der Waals surface area contributed by atoms with E-state index in [0.29, 0.717) is 16.4 Å². The number of hydrogen-bond donors (Lipinski definition) is 2. The molecule has 138 valence electrons. The van der Waals surface area contributed by atoms with E-state index in [9.17, 15) is 9.59 Å². The average molecular weight is 381 g/mol. The molecule has 0 unspecified atom stereocenters. The molecule has 0 saturated heterocycles. The summed E-state index contributed by atoms with van der Waals surface area (Å²) in [6, 6.07) is 14.4. The molecule has 2 aromatic carbocycles. The summed E-state index contributed by atoms with van der Waals surface area (Å²) >= 11 is 1.30. The number of para-hydroxylation sites is 1. The smallest absolute Gasteiger partial charge is 0.255 e. The number of amides is 2. The lowest BCUT2D eigenvalue weighted by Crippen LogP contribution is -2.15. The van der Waals surface area contributed by atoms with Crippen LogP contribution in [0.2, 0.25) is 0 Å². The van der Waals surface area contributed by atoms with Gasteiger partial charge in [0.15, 0.2) is 5.16 Å². The number of nitrogens with one attached hydrogen (secondary N) is 2. The van der Waals surface area contributed by atoms with Gasteiger partial charge in [-0.05, 0) is 42.8 Å². The van der Waals surface area contributed by atoms with Gasteiger partial charge in [0.1, 0.15) is 6.33 Å². The first kappa shape index (κ1) is 18.7. The Morgan fingerprint density at radius 2 is 1.81 bits per heavy atom. The zero-order valence-corrected chi connectivity index (χ0v) is 15.8. The fourth-order valence-corrected chi connectivity index (χ4v) is 3.03. The van der Waals surface area contributed by atoms with Crippen molar-refractivity contribution in [2.45, 2.75) is 12.1 Å². The first-order chi connectivity index (χ1) is 13.0. The van der Waals surface area contributed by atoms with Crippen molar-refractivity contribution in [3.63, 3.8) is 0 Å². The van der Waals surface area contributed by atoms with Crippen molar-refractivity contribution in [1.82, 2.24) is 14.8 Å². The average Bonchev–Trinajstić information content (AvgIpc) is 3.07. The molecule has 2 N–H and O–H groups in total. The lowest BCUT2D eigenvalue weighted by Gasteiger charge is -2.09. The predicted molar refractivity (Wildman–Crippen MR) is 106 cm³/mol. The third-order valence-electron chi connectivity index (χ3n) is 3.83. The Hall–Kier alpha value is -3.13. The number of carbonyl (C=O) groups excluding carboxylic acids is 2. The molecule has 0 aliphatic rings. The third kappa shape index (κ3) is 4.95. The van der Waals surface area contributed by atoms with Crippen molar-refractivity contribution in [1.29, 1.82) is 0 Å². The molecule has 0 fully saturated rings. The lowest BCUT2D eigenvalue weighted by molar-refractivity contribution is -0.113. The van der Waals surface area contributed by atoms with Crippen LogP contribution in [0, 0.1) is 6.92 Å². The second-order valence-electron chi connectivity index (χ2n) is 5.91. The van der Waals surface area contributed by atoms with Gasteiger partial charge in [0.05, 0.1) is 5.75 Å². The van der Waals surface area contributed by atoms with Crippen molar-refractivity contribution in [2.24, 2.45) is 7.05 Å². The van der Waals surface area contributed by atoms with Gasteiger partial charge in [-0.1, -0.05) is 30.0 Å². The molecule has 1 heterocycles. The Morgan fingerprint density at radius 1 is 1.07 bits per heavy atom. The lowest BCUT2D eigenvalue weighted by atomic mass is 10.1. The van der Waals surface area contributed by atoms with E-state index in [1.807, 2.05) is 38.2 Å². The van der Waals surface area contributed by atoms with E-state index in [4.69, 9.17) is 0 Å². The van der Waals surface area contributed by atoms with E-state index in [0.717, 1.165) is 11.3 Å². The molecular weight excluding hydrogens is 362 g/mol. The highest BCUT2D eigenvalue weighted by molar-refractivity contribution is 7.99. The molecule has 0 aliphatic carbocycles. The largest absolute Gasteiger partial charge is 0.325 e. The Labute approximate surface area is 161 Å². The molecule has 27 heavy (non-hydrogen) atoms. The quantitative estimate of drug-likeness (QED) is 0.641. The normalized spacial score (nSPS) is 10.4. The van der Waals surface area contributed by atoms with E-state index in [-0.39, 0.29) is 17.6 Å². The molecule has 0 spiro atoms. The highest BCUT2D eigenvalue weighted by atomic mass is 32.2. The van der Waals surface area contributed by atoms with Crippen molar-refractivity contribution in [3.8, 4) is 0 Å². The van der Waals surface area contributed by atoms with Gasteiger partial charge in [0.2, 0.25) is 5.91 Å². The maximum absolute atomic E-state index is 12.3. The predicted octanol–water partition coefficient (Wildman–Crippen LogP) is 3.11. The molecular formula is C19H19N5O2S. The van der Waals surface area contributed by atoms with Gasteiger partial charge in [-0.3, -0.25) is 9.59 Å². The van der Waals surface area contributed by atoms with Crippen LogP contribution in [0.1, 0.15) is 15.9 Å². The van der Waals surface area contributed by atoms with Gasteiger partial charge in [-0.2, -0.15) is 0 Å². The van der Waals surface area contributed by atoms with E-state index in [1.165, 1.54) is 11.8 Å². The molecule has 0 bridgehead atoms. The van der Waals surface area contributed by atoms with Crippen LogP contribution < -0.4 is 10.6 Å². The van der Waals surface area contributed by atoms with Crippen LogP contribution in [-0.4, -0.2) is 32.3 Å². The minimum atomic E-state index is -0.194. The van der Waals surface area contributed by atoms with Crippen LogP contribution in [-0.2, 0) is 11.8 Å². The first-order valence-corrected chi connectivity index (χ1v) is 9.25. The number of benzene rings is 2. The molecule has 0 radical (unpaired) electrons. The second-order valence-corrected chi connectivity index (χ2v) is 6.85. The number of rotatable bonds is 6. The van der Waals surface area contributed by atoms with Crippen LogP contribution in [0.25, 0.3) is 0 Å². The summed E-state index contributed by atoms with van der Waals surface area (Å²) in [5.74, 6) is -0.123. The zero-order chi connectivity index (χ0) is 19.2. The van der Waals surface area contributed by atoms with Crippen molar-refractivity contribution < 1.29 is 9.59 Å². The minimum Gasteiger partial charge on any atom is -0.325 e. The molecule has 0 saturated carbocycles. The summed E-state index contributed by atoms with van der Waals surface area (Å²) in [5.41, 5.74) is 2.92. The molecule has 0 aliphatic heterocycles. The monoisotopic (exact) mass is 381 g/mol. The van der Waals surface area contributed by atoms with Crippen LogP contribution in [0.15, 0.2) is 60.0 Å². The number of aryl methyl sites for hydroxylation is 2. The van der Waals surface area contributed by atoms with Gasteiger partial charge in [0, 0.05) is 24.0 Å². The number of anilines is 2. The topological polar surface area (TPSA) is 88.9 Å². The van der Waals surface area contributed by atoms with Gasteiger partial charge < -0.3 is 15.2 Å². The number of thioether (sulfide) groups is 1. The van der Waals surface area contributed by atoms with Crippen molar-refractivity contribution >= 4 is 35.0 Å². The summed E-state index contributed by atoms with van der Waals surface area (Å²) in [5, 5.41) is 14.0. The summed E-state index contributed by atoms with van der Waals surface area (Å²) < 4.78 is 1.75. The van der Waals surface area contributed by atoms with Crippen LogP contribution in [0.5, 0.6) is 0 Å². The Balaban J connectivity index is 1.55. The third-order valence-corrected chi connectivity index (χ3v) is 4.86. The van der Waals surface area contributed by atoms with Gasteiger partial charge in [-0.25, -0.2) is 0 Å². The van der Waals surface area contributed by atoms with Crippen LogP contribution in [0.4, 0.5) is 11.4 Å². The highest BCUT2D eigenvalue weighted by Crippen LogP contribution is 2.17.